The molecule has 1 aromatic carbocycles. The zero-order valence-electron chi connectivity index (χ0n) is 16.9. The highest BCUT2D eigenvalue weighted by Gasteiger charge is 2.34. The average molecular weight is 429 g/mol. The van der Waals surface area contributed by atoms with E-state index in [0.29, 0.717) is 13.1 Å². The van der Waals surface area contributed by atoms with Gasteiger partial charge in [-0.1, -0.05) is 12.1 Å². The highest BCUT2D eigenvalue weighted by molar-refractivity contribution is 7.89. The zero-order valence-corrected chi connectivity index (χ0v) is 17.7. The molecule has 4 rings (SSSR count). The SMILES string of the molecule is COc1ccc(-c2cnc(N)nc2[C@@H]2CCCN(S(=O)(=O)c3cn(C)cn3)C2)cc1. The van der Waals surface area contributed by atoms with E-state index in [9.17, 15) is 8.42 Å². The van der Waals surface area contributed by atoms with Crippen molar-refractivity contribution in [2.75, 3.05) is 25.9 Å². The first-order valence-electron chi connectivity index (χ1n) is 9.63. The number of nitrogen functional groups attached to an aromatic ring is 1. The second-order valence-electron chi connectivity index (χ2n) is 7.34. The highest BCUT2D eigenvalue weighted by Crippen LogP contribution is 2.35. The van der Waals surface area contributed by atoms with E-state index in [1.54, 1.807) is 24.9 Å². The van der Waals surface area contributed by atoms with Crippen LogP contribution < -0.4 is 10.5 Å². The maximum atomic E-state index is 13.0. The lowest BCUT2D eigenvalue weighted by molar-refractivity contribution is 0.312. The minimum Gasteiger partial charge on any atom is -0.497 e. The van der Waals surface area contributed by atoms with E-state index in [1.165, 1.54) is 16.8 Å². The third kappa shape index (κ3) is 3.88. The monoisotopic (exact) mass is 428 g/mol. The minimum atomic E-state index is -3.67. The van der Waals surface area contributed by atoms with Crippen LogP contribution in [-0.2, 0) is 17.1 Å². The summed E-state index contributed by atoms with van der Waals surface area (Å²) in [5.74, 6) is 0.827. The molecule has 1 fully saturated rings. The first kappa shape index (κ1) is 20.3. The summed E-state index contributed by atoms with van der Waals surface area (Å²) >= 11 is 0. The van der Waals surface area contributed by atoms with E-state index in [4.69, 9.17) is 10.5 Å². The Morgan fingerprint density at radius 3 is 2.63 bits per heavy atom. The van der Waals surface area contributed by atoms with Crippen LogP contribution in [0.1, 0.15) is 24.5 Å². The summed E-state index contributed by atoms with van der Waals surface area (Å²) in [6, 6.07) is 7.60. The second-order valence-corrected chi connectivity index (χ2v) is 9.22. The van der Waals surface area contributed by atoms with E-state index < -0.39 is 10.0 Å². The molecule has 0 bridgehead atoms. The van der Waals surface area contributed by atoms with Crippen LogP contribution in [0.25, 0.3) is 11.1 Å². The summed E-state index contributed by atoms with van der Waals surface area (Å²) in [6.07, 6.45) is 6.24. The Morgan fingerprint density at radius 1 is 1.20 bits per heavy atom. The second kappa shape index (κ2) is 8.04. The summed E-state index contributed by atoms with van der Waals surface area (Å²) in [5.41, 5.74) is 8.41. The Bertz CT molecular complexity index is 1140. The maximum absolute atomic E-state index is 13.0. The molecule has 3 heterocycles. The predicted molar refractivity (Wildman–Crippen MR) is 112 cm³/mol. The lowest BCUT2D eigenvalue weighted by Crippen LogP contribution is -2.39. The van der Waals surface area contributed by atoms with Crippen molar-refractivity contribution in [2.45, 2.75) is 23.8 Å². The van der Waals surface area contributed by atoms with Crippen LogP contribution in [0, 0.1) is 0 Å². The van der Waals surface area contributed by atoms with E-state index in [1.807, 2.05) is 24.3 Å². The molecule has 30 heavy (non-hydrogen) atoms. The van der Waals surface area contributed by atoms with Crippen molar-refractivity contribution in [3.63, 3.8) is 0 Å². The summed E-state index contributed by atoms with van der Waals surface area (Å²) < 4.78 is 34.4. The van der Waals surface area contributed by atoms with Crippen LogP contribution in [0.4, 0.5) is 5.95 Å². The summed E-state index contributed by atoms with van der Waals surface area (Å²) in [6.45, 7) is 0.770. The predicted octanol–water partition coefficient (Wildman–Crippen LogP) is 2.04. The number of nitrogens with two attached hydrogens (primary N) is 1. The lowest BCUT2D eigenvalue weighted by Gasteiger charge is -2.32. The smallest absolute Gasteiger partial charge is 0.262 e. The normalized spacial score (nSPS) is 17.7. The number of nitrogens with zero attached hydrogens (tertiary/aromatic N) is 5. The molecule has 9 nitrogen and oxygen atoms in total. The number of ether oxygens (including phenoxy) is 1. The summed E-state index contributed by atoms with van der Waals surface area (Å²) in [7, 11) is -0.306. The molecule has 2 N–H and O–H groups in total. The van der Waals surface area contributed by atoms with Crippen molar-refractivity contribution in [1.82, 2.24) is 23.8 Å². The number of hydrogen-bond acceptors (Lipinski definition) is 7. The number of anilines is 1. The quantitative estimate of drug-likeness (QED) is 0.661. The Hall–Kier alpha value is -2.98. The molecular weight excluding hydrogens is 404 g/mol. The Balaban J connectivity index is 1.67. The van der Waals surface area contributed by atoms with Gasteiger partial charge in [-0.25, -0.2) is 23.4 Å². The van der Waals surface area contributed by atoms with Crippen LogP contribution in [0.5, 0.6) is 5.75 Å². The molecule has 1 aliphatic heterocycles. The first-order chi connectivity index (χ1) is 14.4. The van der Waals surface area contributed by atoms with Gasteiger partial charge in [-0.3, -0.25) is 0 Å². The Morgan fingerprint density at radius 2 is 1.97 bits per heavy atom. The Labute approximate surface area is 175 Å². The van der Waals surface area contributed by atoms with Crippen molar-refractivity contribution in [1.29, 1.82) is 0 Å². The standard InChI is InChI=1S/C20H24N6O3S/c1-25-12-18(23-13-25)30(27,28)26-9-3-4-15(11-26)19-17(10-22-20(21)24-19)14-5-7-16(29-2)8-6-14/h5-8,10,12-13,15H,3-4,9,11H2,1-2H3,(H2,21,22,24)/t15-/m1/s1. The van der Waals surface area contributed by atoms with E-state index in [0.717, 1.165) is 35.4 Å². The van der Waals surface area contributed by atoms with Crippen molar-refractivity contribution in [3.05, 3.63) is 48.7 Å². The van der Waals surface area contributed by atoms with Crippen LogP contribution in [0.3, 0.4) is 0 Å². The fourth-order valence-corrected chi connectivity index (χ4v) is 5.24. The fourth-order valence-electron chi connectivity index (χ4n) is 3.75. The molecule has 0 saturated carbocycles. The van der Waals surface area contributed by atoms with E-state index >= 15 is 0 Å². The Kier molecular flexibility index (Phi) is 5.44. The summed E-state index contributed by atoms with van der Waals surface area (Å²) in [4.78, 5) is 12.7. The molecule has 3 aromatic rings. The number of sulfonamides is 1. The molecule has 1 aliphatic rings. The van der Waals surface area contributed by atoms with Gasteiger partial charge in [-0.15, -0.1) is 0 Å². The van der Waals surface area contributed by atoms with Crippen molar-refractivity contribution in [3.8, 4) is 16.9 Å². The van der Waals surface area contributed by atoms with Gasteiger partial charge in [0.25, 0.3) is 10.0 Å². The van der Waals surface area contributed by atoms with Crippen LogP contribution >= 0.6 is 0 Å². The molecule has 0 spiro atoms. The van der Waals surface area contributed by atoms with Gasteiger partial charge in [-0.2, -0.15) is 4.31 Å². The van der Waals surface area contributed by atoms with E-state index in [2.05, 4.69) is 15.0 Å². The molecule has 1 saturated heterocycles. The van der Waals surface area contributed by atoms with Crippen LogP contribution in [0.15, 0.2) is 48.0 Å². The average Bonchev–Trinajstić information content (AvgIpc) is 3.21. The van der Waals surface area contributed by atoms with Crippen molar-refractivity contribution < 1.29 is 13.2 Å². The number of hydrogen-bond donors (Lipinski definition) is 1. The number of imidazole rings is 1. The van der Waals surface area contributed by atoms with Gasteiger partial charge >= 0.3 is 0 Å². The van der Waals surface area contributed by atoms with Gasteiger partial charge < -0.3 is 15.0 Å². The van der Waals surface area contributed by atoms with Crippen LogP contribution in [0.2, 0.25) is 0 Å². The molecular formula is C20H24N6O3S. The summed E-state index contributed by atoms with van der Waals surface area (Å²) in [5, 5.41) is 0.0585. The highest BCUT2D eigenvalue weighted by atomic mass is 32.2. The molecule has 0 radical (unpaired) electrons. The number of aryl methyl sites for hydroxylation is 1. The molecule has 0 amide bonds. The zero-order chi connectivity index (χ0) is 21.3. The molecule has 10 heteroatoms. The number of methoxy groups -OCH3 is 1. The lowest BCUT2D eigenvalue weighted by atomic mass is 9.91. The molecule has 0 aliphatic carbocycles. The number of piperidine rings is 1. The topological polar surface area (TPSA) is 116 Å². The van der Waals surface area contributed by atoms with Crippen molar-refractivity contribution in [2.24, 2.45) is 7.05 Å². The van der Waals surface area contributed by atoms with Gasteiger partial charge in [-0.05, 0) is 30.5 Å². The van der Waals surface area contributed by atoms with Gasteiger partial charge in [0.15, 0.2) is 5.03 Å². The van der Waals surface area contributed by atoms with Crippen LogP contribution in [-0.4, -0.2) is 52.4 Å². The molecule has 158 valence electrons. The number of aromatic nitrogens is 4. The molecule has 2 aromatic heterocycles. The van der Waals surface area contributed by atoms with Gasteiger partial charge in [0, 0.05) is 44.0 Å². The third-order valence-electron chi connectivity index (χ3n) is 5.29. The van der Waals surface area contributed by atoms with E-state index in [-0.39, 0.29) is 16.9 Å². The number of rotatable bonds is 5. The van der Waals surface area contributed by atoms with Crippen molar-refractivity contribution >= 4 is 16.0 Å². The van der Waals surface area contributed by atoms with Gasteiger partial charge in [0.1, 0.15) is 5.75 Å². The number of benzene rings is 1. The maximum Gasteiger partial charge on any atom is 0.262 e. The minimum absolute atomic E-state index is 0.0585. The molecule has 0 unspecified atom stereocenters. The van der Waals surface area contributed by atoms with Gasteiger partial charge in [0.2, 0.25) is 5.95 Å². The largest absolute Gasteiger partial charge is 0.497 e. The third-order valence-corrected chi connectivity index (χ3v) is 7.04. The van der Waals surface area contributed by atoms with Gasteiger partial charge in [0.05, 0.1) is 19.1 Å². The fraction of sp³-hybridized carbons (Fsp3) is 0.350. The first-order valence-corrected chi connectivity index (χ1v) is 11.1. The molecule has 1 atom stereocenters.